The summed E-state index contributed by atoms with van der Waals surface area (Å²) >= 11 is 5.70. The van der Waals surface area contributed by atoms with Gasteiger partial charge in [-0.25, -0.2) is 4.39 Å². The second-order valence-electron chi connectivity index (χ2n) is 5.52. The summed E-state index contributed by atoms with van der Waals surface area (Å²) in [6.07, 6.45) is 6.29. The number of rotatable bonds is 2. The van der Waals surface area contributed by atoms with E-state index in [0.29, 0.717) is 12.8 Å². The van der Waals surface area contributed by atoms with Gasteiger partial charge in [0.25, 0.3) is 5.91 Å². The molecule has 0 aromatic heterocycles. The van der Waals surface area contributed by atoms with Crippen LogP contribution in [0.25, 0.3) is 0 Å². The number of nitrogens with one attached hydrogen (secondary N) is 1. The summed E-state index contributed by atoms with van der Waals surface area (Å²) in [5.74, 6) is -1.31. The molecule has 1 N–H and O–H groups in total. The smallest absolute Gasteiger partial charge is 0.255 e. The van der Waals surface area contributed by atoms with Crippen LogP contribution in [0.1, 0.15) is 55.3 Å². The Morgan fingerprint density at radius 2 is 1.86 bits per heavy atom. The van der Waals surface area contributed by atoms with E-state index in [1.165, 1.54) is 24.6 Å². The lowest BCUT2D eigenvalue weighted by Gasteiger charge is -2.29. The lowest BCUT2D eigenvalue weighted by Crippen LogP contribution is -2.48. The van der Waals surface area contributed by atoms with Crippen LogP contribution in [0.3, 0.4) is 0 Å². The van der Waals surface area contributed by atoms with Crippen molar-refractivity contribution in [2.45, 2.75) is 50.5 Å². The van der Waals surface area contributed by atoms with Crippen molar-refractivity contribution in [2.24, 2.45) is 0 Å². The molecule has 0 unspecified atom stereocenters. The standard InChI is InChI=1S/C16H18ClFN2O/c17-13-8-6-7-12(14(13)18)15(21)20-16(11-19)9-4-2-1-3-5-10-16/h6-8H,1-5,9-10H2,(H,20,21). The molecular weight excluding hydrogens is 291 g/mol. The van der Waals surface area contributed by atoms with Crippen molar-refractivity contribution in [2.75, 3.05) is 0 Å². The van der Waals surface area contributed by atoms with E-state index in [1.54, 1.807) is 0 Å². The van der Waals surface area contributed by atoms with E-state index >= 15 is 0 Å². The lowest BCUT2D eigenvalue weighted by atomic mass is 9.85. The molecule has 5 heteroatoms. The Kier molecular flexibility index (Phi) is 5.19. The molecule has 2 rings (SSSR count). The van der Waals surface area contributed by atoms with Gasteiger partial charge in [0, 0.05) is 0 Å². The third-order valence-electron chi connectivity index (χ3n) is 3.97. The average molecular weight is 309 g/mol. The Labute approximate surface area is 129 Å². The zero-order chi connectivity index (χ0) is 15.3. The largest absolute Gasteiger partial charge is 0.334 e. The molecule has 0 heterocycles. The van der Waals surface area contributed by atoms with E-state index in [2.05, 4.69) is 11.4 Å². The van der Waals surface area contributed by atoms with Gasteiger partial charge in [0.15, 0.2) is 5.82 Å². The Bertz CT molecular complexity index is 560. The molecule has 1 aromatic carbocycles. The van der Waals surface area contributed by atoms with Crippen molar-refractivity contribution in [1.82, 2.24) is 5.32 Å². The molecule has 21 heavy (non-hydrogen) atoms. The molecule has 0 aliphatic heterocycles. The third kappa shape index (κ3) is 3.74. The molecular formula is C16H18ClFN2O. The summed E-state index contributed by atoms with van der Waals surface area (Å²) in [7, 11) is 0. The van der Waals surface area contributed by atoms with Crippen LogP contribution in [-0.4, -0.2) is 11.4 Å². The summed E-state index contributed by atoms with van der Waals surface area (Å²) in [4.78, 5) is 12.3. The number of hydrogen-bond acceptors (Lipinski definition) is 2. The Morgan fingerprint density at radius 1 is 1.24 bits per heavy atom. The molecule has 0 atom stereocenters. The number of benzene rings is 1. The van der Waals surface area contributed by atoms with Gasteiger partial charge in [-0.1, -0.05) is 49.8 Å². The number of carbonyl (C=O) groups is 1. The maximum atomic E-state index is 13.9. The SMILES string of the molecule is N#CC1(NC(=O)c2cccc(Cl)c2F)CCCCCCC1. The van der Waals surface area contributed by atoms with Crippen LogP contribution in [-0.2, 0) is 0 Å². The number of hydrogen-bond donors (Lipinski definition) is 1. The first-order valence-electron chi connectivity index (χ1n) is 7.26. The Morgan fingerprint density at radius 3 is 2.48 bits per heavy atom. The summed E-state index contributed by atoms with van der Waals surface area (Å²) in [5, 5.41) is 12.1. The maximum absolute atomic E-state index is 13.9. The monoisotopic (exact) mass is 308 g/mol. The number of halogens is 2. The minimum atomic E-state index is -0.897. The second kappa shape index (κ2) is 6.91. The molecule has 0 saturated heterocycles. The Balaban J connectivity index is 2.19. The van der Waals surface area contributed by atoms with Gasteiger partial charge in [0.2, 0.25) is 0 Å². The molecule has 1 aromatic rings. The van der Waals surface area contributed by atoms with E-state index in [-0.39, 0.29) is 10.6 Å². The number of amides is 1. The van der Waals surface area contributed by atoms with Gasteiger partial charge < -0.3 is 5.32 Å². The van der Waals surface area contributed by atoms with Crippen LogP contribution < -0.4 is 5.32 Å². The molecule has 112 valence electrons. The average Bonchev–Trinajstić information content (AvgIpc) is 2.45. The highest BCUT2D eigenvalue weighted by atomic mass is 35.5. The normalized spacial score (nSPS) is 18.1. The van der Waals surface area contributed by atoms with Crippen molar-refractivity contribution >= 4 is 17.5 Å². The lowest BCUT2D eigenvalue weighted by molar-refractivity contribution is 0.0903. The highest BCUT2D eigenvalue weighted by Crippen LogP contribution is 2.27. The van der Waals surface area contributed by atoms with Crippen molar-refractivity contribution in [1.29, 1.82) is 5.26 Å². The van der Waals surface area contributed by atoms with Gasteiger partial charge in [-0.05, 0) is 25.0 Å². The Hall–Kier alpha value is -1.60. The van der Waals surface area contributed by atoms with Gasteiger partial charge in [0.1, 0.15) is 5.54 Å². The van der Waals surface area contributed by atoms with Gasteiger partial charge >= 0.3 is 0 Å². The summed E-state index contributed by atoms with van der Waals surface area (Å²) in [6.45, 7) is 0. The minimum Gasteiger partial charge on any atom is -0.334 e. The fraction of sp³-hybridized carbons (Fsp3) is 0.500. The number of nitrogens with zero attached hydrogens (tertiary/aromatic N) is 1. The van der Waals surface area contributed by atoms with E-state index < -0.39 is 17.3 Å². The summed E-state index contributed by atoms with van der Waals surface area (Å²) < 4.78 is 13.9. The molecule has 1 aliphatic rings. The molecule has 1 saturated carbocycles. The van der Waals surface area contributed by atoms with Crippen LogP contribution in [0, 0.1) is 17.1 Å². The van der Waals surface area contributed by atoms with Crippen molar-refractivity contribution in [3.05, 3.63) is 34.6 Å². The van der Waals surface area contributed by atoms with Crippen LogP contribution in [0.4, 0.5) is 4.39 Å². The van der Waals surface area contributed by atoms with Gasteiger partial charge in [-0.3, -0.25) is 4.79 Å². The van der Waals surface area contributed by atoms with Crippen LogP contribution >= 0.6 is 11.6 Å². The quantitative estimate of drug-likeness (QED) is 0.889. The maximum Gasteiger partial charge on any atom is 0.255 e. The fourth-order valence-electron chi connectivity index (χ4n) is 2.74. The molecule has 1 amide bonds. The van der Waals surface area contributed by atoms with E-state index in [9.17, 15) is 14.4 Å². The molecule has 1 fully saturated rings. The second-order valence-corrected chi connectivity index (χ2v) is 5.92. The molecule has 1 aliphatic carbocycles. The van der Waals surface area contributed by atoms with Crippen LogP contribution in [0.5, 0.6) is 0 Å². The van der Waals surface area contributed by atoms with E-state index in [0.717, 1.165) is 25.7 Å². The summed E-state index contributed by atoms with van der Waals surface area (Å²) in [5.41, 5.74) is -1.01. The van der Waals surface area contributed by atoms with Crippen LogP contribution in [0.15, 0.2) is 18.2 Å². The first-order valence-corrected chi connectivity index (χ1v) is 7.63. The zero-order valence-corrected chi connectivity index (χ0v) is 12.5. The topological polar surface area (TPSA) is 52.9 Å². The number of nitriles is 1. The van der Waals surface area contributed by atoms with Gasteiger partial charge in [0.05, 0.1) is 16.7 Å². The highest BCUT2D eigenvalue weighted by Gasteiger charge is 2.33. The predicted octanol–water partition coefficient (Wildman–Crippen LogP) is 4.22. The highest BCUT2D eigenvalue weighted by molar-refractivity contribution is 6.31. The zero-order valence-electron chi connectivity index (χ0n) is 11.8. The first-order chi connectivity index (χ1) is 10.1. The van der Waals surface area contributed by atoms with Crippen LogP contribution in [0.2, 0.25) is 5.02 Å². The van der Waals surface area contributed by atoms with E-state index in [4.69, 9.17) is 11.6 Å². The predicted molar refractivity (Wildman–Crippen MR) is 79.5 cm³/mol. The van der Waals surface area contributed by atoms with Crippen molar-refractivity contribution in [3.63, 3.8) is 0 Å². The molecule has 0 radical (unpaired) electrons. The molecule has 3 nitrogen and oxygen atoms in total. The van der Waals surface area contributed by atoms with Gasteiger partial charge in [-0.15, -0.1) is 0 Å². The number of carbonyl (C=O) groups excluding carboxylic acids is 1. The van der Waals surface area contributed by atoms with E-state index in [1.807, 2.05) is 0 Å². The first kappa shape index (κ1) is 15.8. The minimum absolute atomic E-state index is 0.0914. The van der Waals surface area contributed by atoms with Crippen molar-refractivity contribution < 1.29 is 9.18 Å². The van der Waals surface area contributed by atoms with Gasteiger partial charge in [-0.2, -0.15) is 5.26 Å². The van der Waals surface area contributed by atoms with Crippen molar-refractivity contribution in [3.8, 4) is 6.07 Å². The third-order valence-corrected chi connectivity index (χ3v) is 4.26. The summed E-state index contributed by atoms with van der Waals surface area (Å²) in [6, 6.07) is 6.53. The molecule has 0 bridgehead atoms. The fourth-order valence-corrected chi connectivity index (χ4v) is 2.91. The molecule has 0 spiro atoms.